The second kappa shape index (κ2) is 4.85. The lowest BCUT2D eigenvalue weighted by Gasteiger charge is -2.12. The van der Waals surface area contributed by atoms with Gasteiger partial charge in [-0.2, -0.15) is 4.98 Å². The zero-order chi connectivity index (χ0) is 14.1. The number of nitrogens with zero attached hydrogens (tertiary/aromatic N) is 1. The fourth-order valence-corrected chi connectivity index (χ4v) is 2.05. The predicted octanol–water partition coefficient (Wildman–Crippen LogP) is 3.72. The lowest BCUT2D eigenvalue weighted by atomic mass is 10.1. The fourth-order valence-electron chi connectivity index (χ4n) is 2.05. The molecular formula is C15H14FN3O. The van der Waals surface area contributed by atoms with Crippen LogP contribution in [0.2, 0.25) is 0 Å². The van der Waals surface area contributed by atoms with Gasteiger partial charge in [-0.25, -0.2) is 4.39 Å². The number of rotatable bonds is 3. The van der Waals surface area contributed by atoms with Crippen LogP contribution in [0.15, 0.2) is 46.9 Å². The zero-order valence-electron chi connectivity index (χ0n) is 10.9. The first-order valence-electron chi connectivity index (χ1n) is 6.30. The molecule has 3 rings (SSSR count). The van der Waals surface area contributed by atoms with Gasteiger partial charge in [-0.1, -0.05) is 12.1 Å². The number of fused-ring (bicyclic) bond motifs is 1. The van der Waals surface area contributed by atoms with Crippen molar-refractivity contribution in [2.75, 3.05) is 11.1 Å². The molecule has 1 heterocycles. The van der Waals surface area contributed by atoms with E-state index >= 15 is 0 Å². The van der Waals surface area contributed by atoms with Crippen molar-refractivity contribution in [3.05, 3.63) is 53.8 Å². The van der Waals surface area contributed by atoms with E-state index in [0.717, 1.165) is 11.1 Å². The van der Waals surface area contributed by atoms with Gasteiger partial charge in [-0.05, 0) is 36.8 Å². The normalized spacial score (nSPS) is 12.5. The molecule has 0 bridgehead atoms. The number of anilines is 2. The largest absolute Gasteiger partial charge is 0.423 e. The molecule has 0 fully saturated rings. The topological polar surface area (TPSA) is 64.1 Å². The Morgan fingerprint density at radius 1 is 1.25 bits per heavy atom. The van der Waals surface area contributed by atoms with Gasteiger partial charge in [0.1, 0.15) is 11.3 Å². The highest BCUT2D eigenvalue weighted by molar-refractivity contribution is 5.78. The molecule has 0 saturated heterocycles. The molecule has 0 aliphatic heterocycles. The standard InChI is InChI=1S/C15H14FN3O/c1-9(10-3-2-4-11(16)7-10)18-15-19-13-6-5-12(17)8-14(13)20-15/h2-9H,17H2,1H3,(H,18,19). The number of aromatic nitrogens is 1. The fraction of sp³-hybridized carbons (Fsp3) is 0.133. The van der Waals surface area contributed by atoms with Crippen LogP contribution in [-0.4, -0.2) is 4.98 Å². The Morgan fingerprint density at radius 2 is 2.10 bits per heavy atom. The molecule has 3 aromatic rings. The summed E-state index contributed by atoms with van der Waals surface area (Å²) in [5, 5.41) is 3.11. The van der Waals surface area contributed by atoms with E-state index in [-0.39, 0.29) is 11.9 Å². The van der Waals surface area contributed by atoms with Gasteiger partial charge in [-0.3, -0.25) is 0 Å². The maximum absolute atomic E-state index is 13.2. The summed E-state index contributed by atoms with van der Waals surface area (Å²) in [5.41, 5.74) is 8.50. The van der Waals surface area contributed by atoms with Crippen molar-refractivity contribution in [3.63, 3.8) is 0 Å². The summed E-state index contributed by atoms with van der Waals surface area (Å²) >= 11 is 0. The molecule has 0 saturated carbocycles. The minimum atomic E-state index is -0.263. The highest BCUT2D eigenvalue weighted by Crippen LogP contribution is 2.24. The minimum absolute atomic E-state index is 0.115. The predicted molar refractivity (Wildman–Crippen MR) is 76.9 cm³/mol. The van der Waals surface area contributed by atoms with Crippen molar-refractivity contribution in [2.45, 2.75) is 13.0 Å². The summed E-state index contributed by atoms with van der Waals surface area (Å²) in [6.07, 6.45) is 0. The Hall–Kier alpha value is -2.56. The van der Waals surface area contributed by atoms with E-state index < -0.39 is 0 Å². The van der Waals surface area contributed by atoms with Crippen LogP contribution in [-0.2, 0) is 0 Å². The third-order valence-corrected chi connectivity index (χ3v) is 3.10. The Kier molecular flexibility index (Phi) is 3.02. The lowest BCUT2D eigenvalue weighted by Crippen LogP contribution is -2.06. The van der Waals surface area contributed by atoms with Crippen LogP contribution in [0, 0.1) is 5.82 Å². The second-order valence-electron chi connectivity index (χ2n) is 4.67. The quantitative estimate of drug-likeness (QED) is 0.712. The first kappa shape index (κ1) is 12.5. The average molecular weight is 271 g/mol. The van der Waals surface area contributed by atoms with Crippen molar-refractivity contribution in [3.8, 4) is 0 Å². The lowest BCUT2D eigenvalue weighted by molar-refractivity contribution is 0.600. The Balaban J connectivity index is 1.85. The number of oxazole rings is 1. The zero-order valence-corrected chi connectivity index (χ0v) is 10.9. The molecule has 0 radical (unpaired) electrons. The summed E-state index contributed by atoms with van der Waals surface area (Å²) in [6, 6.07) is 12.0. The monoisotopic (exact) mass is 271 g/mol. The van der Waals surface area contributed by atoms with Gasteiger partial charge in [-0.15, -0.1) is 0 Å². The van der Waals surface area contributed by atoms with Crippen molar-refractivity contribution in [1.82, 2.24) is 4.98 Å². The van der Waals surface area contributed by atoms with E-state index in [1.54, 1.807) is 24.3 Å². The molecule has 2 aromatic carbocycles. The Labute approximate surface area is 115 Å². The van der Waals surface area contributed by atoms with Crippen molar-refractivity contribution in [2.24, 2.45) is 0 Å². The van der Waals surface area contributed by atoms with Gasteiger partial charge < -0.3 is 15.5 Å². The van der Waals surface area contributed by atoms with Gasteiger partial charge in [0, 0.05) is 11.8 Å². The van der Waals surface area contributed by atoms with E-state index in [0.29, 0.717) is 17.3 Å². The van der Waals surface area contributed by atoms with Crippen LogP contribution in [0.25, 0.3) is 11.1 Å². The Morgan fingerprint density at radius 3 is 2.90 bits per heavy atom. The number of hydrogen-bond donors (Lipinski definition) is 2. The number of nitrogens with one attached hydrogen (secondary N) is 1. The molecule has 3 N–H and O–H groups in total. The van der Waals surface area contributed by atoms with Gasteiger partial charge in [0.05, 0.1) is 6.04 Å². The van der Waals surface area contributed by atoms with Crippen LogP contribution in [0.5, 0.6) is 0 Å². The van der Waals surface area contributed by atoms with Gasteiger partial charge >= 0.3 is 0 Å². The van der Waals surface area contributed by atoms with E-state index in [2.05, 4.69) is 10.3 Å². The number of nitrogen functional groups attached to an aromatic ring is 1. The van der Waals surface area contributed by atoms with Crippen LogP contribution in [0.3, 0.4) is 0 Å². The number of halogens is 1. The van der Waals surface area contributed by atoms with E-state index in [1.165, 1.54) is 12.1 Å². The number of hydrogen-bond acceptors (Lipinski definition) is 4. The molecule has 1 atom stereocenters. The summed E-state index contributed by atoms with van der Waals surface area (Å²) < 4.78 is 18.8. The third kappa shape index (κ3) is 2.42. The molecule has 0 spiro atoms. The molecule has 1 aromatic heterocycles. The van der Waals surface area contributed by atoms with E-state index in [1.807, 2.05) is 13.0 Å². The van der Waals surface area contributed by atoms with Crippen LogP contribution in [0.1, 0.15) is 18.5 Å². The maximum atomic E-state index is 13.2. The second-order valence-corrected chi connectivity index (χ2v) is 4.67. The molecule has 5 heteroatoms. The summed E-state index contributed by atoms with van der Waals surface area (Å²) in [4.78, 5) is 4.31. The molecular weight excluding hydrogens is 257 g/mol. The van der Waals surface area contributed by atoms with Gasteiger partial charge in [0.2, 0.25) is 0 Å². The smallest absolute Gasteiger partial charge is 0.296 e. The average Bonchev–Trinajstić information content (AvgIpc) is 2.80. The number of benzene rings is 2. The van der Waals surface area contributed by atoms with E-state index in [4.69, 9.17) is 10.2 Å². The van der Waals surface area contributed by atoms with Crippen LogP contribution >= 0.6 is 0 Å². The van der Waals surface area contributed by atoms with Gasteiger partial charge in [0.25, 0.3) is 6.01 Å². The van der Waals surface area contributed by atoms with Crippen molar-refractivity contribution in [1.29, 1.82) is 0 Å². The highest BCUT2D eigenvalue weighted by atomic mass is 19.1. The molecule has 102 valence electrons. The van der Waals surface area contributed by atoms with Crippen LogP contribution in [0.4, 0.5) is 16.1 Å². The van der Waals surface area contributed by atoms with E-state index in [9.17, 15) is 4.39 Å². The first-order valence-corrected chi connectivity index (χ1v) is 6.30. The third-order valence-electron chi connectivity index (χ3n) is 3.10. The summed E-state index contributed by atoms with van der Waals surface area (Å²) in [5.74, 6) is -0.263. The molecule has 1 unspecified atom stereocenters. The highest BCUT2D eigenvalue weighted by Gasteiger charge is 2.11. The minimum Gasteiger partial charge on any atom is -0.423 e. The summed E-state index contributed by atoms with van der Waals surface area (Å²) in [7, 11) is 0. The summed E-state index contributed by atoms with van der Waals surface area (Å²) in [6.45, 7) is 1.91. The van der Waals surface area contributed by atoms with Crippen molar-refractivity contribution >= 4 is 22.8 Å². The molecule has 4 nitrogen and oxygen atoms in total. The maximum Gasteiger partial charge on any atom is 0.296 e. The molecule has 20 heavy (non-hydrogen) atoms. The van der Waals surface area contributed by atoms with Crippen LogP contribution < -0.4 is 11.1 Å². The molecule has 0 aliphatic rings. The van der Waals surface area contributed by atoms with Gasteiger partial charge in [0.15, 0.2) is 5.58 Å². The Bertz CT molecular complexity index is 754. The first-order chi connectivity index (χ1) is 9.61. The SMILES string of the molecule is CC(Nc1nc2ccc(N)cc2o1)c1cccc(F)c1. The number of nitrogens with two attached hydrogens (primary N) is 1. The molecule has 0 amide bonds. The molecule has 0 aliphatic carbocycles. The van der Waals surface area contributed by atoms with Crippen molar-refractivity contribution < 1.29 is 8.81 Å².